The standard InChI is InChI=1S/C9H12ClN3O/c10-8-9(12-4-3-11-8)13-5-1-7(14)2-6-13/h3-4,7,14H,1-2,5-6H2. The van der Waals surface area contributed by atoms with Gasteiger partial charge in [0, 0.05) is 25.5 Å². The molecule has 0 atom stereocenters. The second-order valence-corrected chi connectivity index (χ2v) is 3.75. The number of halogens is 1. The van der Waals surface area contributed by atoms with Gasteiger partial charge in [-0.15, -0.1) is 0 Å². The Bertz CT molecular complexity index is 313. The molecule has 2 heterocycles. The number of anilines is 1. The molecule has 0 unspecified atom stereocenters. The van der Waals surface area contributed by atoms with Gasteiger partial charge in [-0.2, -0.15) is 0 Å². The van der Waals surface area contributed by atoms with Crippen molar-refractivity contribution in [2.45, 2.75) is 18.9 Å². The maximum Gasteiger partial charge on any atom is 0.171 e. The first kappa shape index (κ1) is 9.68. The van der Waals surface area contributed by atoms with E-state index in [2.05, 4.69) is 14.9 Å². The summed E-state index contributed by atoms with van der Waals surface area (Å²) in [5.41, 5.74) is 0. The van der Waals surface area contributed by atoms with Crippen molar-refractivity contribution in [2.24, 2.45) is 0 Å². The lowest BCUT2D eigenvalue weighted by atomic mass is 10.1. The molecule has 0 aromatic carbocycles. The maximum absolute atomic E-state index is 9.35. The number of aliphatic hydroxyl groups is 1. The second kappa shape index (κ2) is 4.11. The fourth-order valence-corrected chi connectivity index (χ4v) is 1.83. The first-order chi connectivity index (χ1) is 6.77. The van der Waals surface area contributed by atoms with Crippen molar-refractivity contribution in [2.75, 3.05) is 18.0 Å². The Kier molecular flexibility index (Phi) is 2.84. The van der Waals surface area contributed by atoms with Gasteiger partial charge in [-0.3, -0.25) is 0 Å². The Labute approximate surface area is 87.5 Å². The summed E-state index contributed by atoms with van der Waals surface area (Å²) in [4.78, 5) is 10.2. The topological polar surface area (TPSA) is 49.2 Å². The van der Waals surface area contributed by atoms with Gasteiger partial charge in [-0.05, 0) is 12.8 Å². The smallest absolute Gasteiger partial charge is 0.171 e. The van der Waals surface area contributed by atoms with Gasteiger partial charge in [0.05, 0.1) is 6.10 Å². The second-order valence-electron chi connectivity index (χ2n) is 3.39. The Balaban J connectivity index is 2.12. The molecule has 1 aromatic heterocycles. The third kappa shape index (κ3) is 1.96. The summed E-state index contributed by atoms with van der Waals surface area (Å²) in [6, 6.07) is 0. The molecule has 76 valence electrons. The van der Waals surface area contributed by atoms with Gasteiger partial charge in [0.1, 0.15) is 0 Å². The minimum Gasteiger partial charge on any atom is -0.393 e. The van der Waals surface area contributed by atoms with E-state index in [1.807, 2.05) is 0 Å². The summed E-state index contributed by atoms with van der Waals surface area (Å²) in [6.07, 6.45) is 4.57. The SMILES string of the molecule is OC1CCN(c2nccnc2Cl)CC1. The molecule has 0 aliphatic carbocycles. The predicted molar refractivity (Wildman–Crippen MR) is 54.5 cm³/mol. The van der Waals surface area contributed by atoms with Crippen molar-refractivity contribution in [3.05, 3.63) is 17.5 Å². The Hall–Kier alpha value is -0.870. The third-order valence-corrected chi connectivity index (χ3v) is 2.67. The molecule has 1 aromatic rings. The summed E-state index contributed by atoms with van der Waals surface area (Å²) in [6.45, 7) is 1.58. The van der Waals surface area contributed by atoms with Crippen LogP contribution >= 0.6 is 11.6 Å². The van der Waals surface area contributed by atoms with Crippen LogP contribution in [0.1, 0.15) is 12.8 Å². The average molecular weight is 214 g/mol. The number of hydrogen-bond acceptors (Lipinski definition) is 4. The van der Waals surface area contributed by atoms with Gasteiger partial charge >= 0.3 is 0 Å². The molecule has 0 amide bonds. The van der Waals surface area contributed by atoms with Crippen LogP contribution in [0.15, 0.2) is 12.4 Å². The van der Waals surface area contributed by atoms with E-state index in [0.29, 0.717) is 5.15 Å². The van der Waals surface area contributed by atoms with Gasteiger partial charge in [-0.25, -0.2) is 9.97 Å². The number of aromatic nitrogens is 2. The lowest BCUT2D eigenvalue weighted by molar-refractivity contribution is 0.145. The maximum atomic E-state index is 9.35. The van der Waals surface area contributed by atoms with Crippen molar-refractivity contribution in [3.63, 3.8) is 0 Å². The fourth-order valence-electron chi connectivity index (χ4n) is 1.60. The average Bonchev–Trinajstić information content (AvgIpc) is 2.20. The Morgan fingerprint density at radius 1 is 1.29 bits per heavy atom. The zero-order valence-electron chi connectivity index (χ0n) is 7.73. The largest absolute Gasteiger partial charge is 0.393 e. The van der Waals surface area contributed by atoms with Crippen molar-refractivity contribution in [1.29, 1.82) is 0 Å². The van der Waals surface area contributed by atoms with Crippen LogP contribution in [0.5, 0.6) is 0 Å². The summed E-state index contributed by atoms with van der Waals surface area (Å²) < 4.78 is 0. The highest BCUT2D eigenvalue weighted by atomic mass is 35.5. The van der Waals surface area contributed by atoms with E-state index in [4.69, 9.17) is 11.6 Å². The molecule has 1 N–H and O–H groups in total. The molecule has 1 fully saturated rings. The zero-order valence-corrected chi connectivity index (χ0v) is 8.48. The molecule has 0 spiro atoms. The molecule has 2 rings (SSSR count). The predicted octanol–water partition coefficient (Wildman–Crippen LogP) is 1.09. The first-order valence-electron chi connectivity index (χ1n) is 4.67. The van der Waals surface area contributed by atoms with Crippen LogP contribution in [0.2, 0.25) is 5.15 Å². The lowest BCUT2D eigenvalue weighted by Crippen LogP contribution is -2.36. The molecule has 0 radical (unpaired) electrons. The van der Waals surface area contributed by atoms with Crippen molar-refractivity contribution < 1.29 is 5.11 Å². The highest BCUT2D eigenvalue weighted by molar-refractivity contribution is 6.31. The molecule has 1 aliphatic heterocycles. The normalized spacial score (nSPS) is 18.6. The van der Waals surface area contributed by atoms with E-state index in [1.165, 1.54) is 0 Å². The molecule has 1 aliphatic rings. The molecule has 0 saturated carbocycles. The van der Waals surface area contributed by atoms with Gasteiger partial charge in [0.15, 0.2) is 11.0 Å². The zero-order chi connectivity index (χ0) is 9.97. The number of nitrogens with zero attached hydrogens (tertiary/aromatic N) is 3. The van der Waals surface area contributed by atoms with Gasteiger partial charge in [0.25, 0.3) is 0 Å². The lowest BCUT2D eigenvalue weighted by Gasteiger charge is -2.30. The number of hydrogen-bond donors (Lipinski definition) is 1. The third-order valence-electron chi connectivity index (χ3n) is 2.40. The Morgan fingerprint density at radius 3 is 2.57 bits per heavy atom. The molecular formula is C9H12ClN3O. The first-order valence-corrected chi connectivity index (χ1v) is 5.04. The van der Waals surface area contributed by atoms with E-state index < -0.39 is 0 Å². The van der Waals surface area contributed by atoms with Crippen LogP contribution in [-0.2, 0) is 0 Å². The minimum absolute atomic E-state index is 0.179. The van der Waals surface area contributed by atoms with E-state index >= 15 is 0 Å². The summed E-state index contributed by atoms with van der Waals surface area (Å²) in [5.74, 6) is 0.723. The van der Waals surface area contributed by atoms with Crippen molar-refractivity contribution in [3.8, 4) is 0 Å². The molecule has 1 saturated heterocycles. The van der Waals surface area contributed by atoms with E-state index in [-0.39, 0.29) is 6.10 Å². The Morgan fingerprint density at radius 2 is 1.93 bits per heavy atom. The van der Waals surface area contributed by atoms with Crippen LogP contribution in [0, 0.1) is 0 Å². The van der Waals surface area contributed by atoms with E-state index in [1.54, 1.807) is 12.4 Å². The number of piperidine rings is 1. The van der Waals surface area contributed by atoms with Crippen LogP contribution in [0.4, 0.5) is 5.82 Å². The highest BCUT2D eigenvalue weighted by Crippen LogP contribution is 2.23. The van der Waals surface area contributed by atoms with Gasteiger partial charge < -0.3 is 10.0 Å². The summed E-state index contributed by atoms with van der Waals surface area (Å²) in [5, 5.41) is 9.78. The number of aliphatic hydroxyl groups excluding tert-OH is 1. The van der Waals surface area contributed by atoms with Crippen LogP contribution in [0.3, 0.4) is 0 Å². The van der Waals surface area contributed by atoms with E-state index in [9.17, 15) is 5.11 Å². The monoisotopic (exact) mass is 213 g/mol. The van der Waals surface area contributed by atoms with Crippen molar-refractivity contribution >= 4 is 17.4 Å². The molecule has 14 heavy (non-hydrogen) atoms. The molecule has 0 bridgehead atoms. The van der Waals surface area contributed by atoms with E-state index in [0.717, 1.165) is 31.7 Å². The van der Waals surface area contributed by atoms with Crippen molar-refractivity contribution in [1.82, 2.24) is 9.97 Å². The fraction of sp³-hybridized carbons (Fsp3) is 0.556. The van der Waals surface area contributed by atoms with Crippen LogP contribution < -0.4 is 4.90 Å². The molecular weight excluding hydrogens is 202 g/mol. The molecule has 5 heteroatoms. The van der Waals surface area contributed by atoms with Gasteiger partial charge in [0.2, 0.25) is 0 Å². The summed E-state index contributed by atoms with van der Waals surface area (Å²) in [7, 11) is 0. The quantitative estimate of drug-likeness (QED) is 0.759. The summed E-state index contributed by atoms with van der Waals surface area (Å²) >= 11 is 5.92. The molecule has 4 nitrogen and oxygen atoms in total. The van der Waals surface area contributed by atoms with Gasteiger partial charge in [-0.1, -0.05) is 11.6 Å². The van der Waals surface area contributed by atoms with Crippen LogP contribution in [-0.4, -0.2) is 34.3 Å². The minimum atomic E-state index is -0.179. The van der Waals surface area contributed by atoms with Crippen LogP contribution in [0.25, 0.3) is 0 Å². The highest BCUT2D eigenvalue weighted by Gasteiger charge is 2.19. The number of rotatable bonds is 1.